The maximum atomic E-state index is 13.2. The van der Waals surface area contributed by atoms with Crippen molar-refractivity contribution in [1.82, 2.24) is 9.62 Å². The lowest BCUT2D eigenvalue weighted by Gasteiger charge is -2.27. The van der Waals surface area contributed by atoms with Crippen molar-refractivity contribution in [1.29, 1.82) is 0 Å². The Labute approximate surface area is 179 Å². The highest BCUT2D eigenvalue weighted by molar-refractivity contribution is 7.89. The summed E-state index contributed by atoms with van der Waals surface area (Å²) in [5, 5.41) is 2.82. The zero-order valence-corrected chi connectivity index (χ0v) is 18.8. The highest BCUT2D eigenvalue weighted by Gasteiger charge is 2.30. The molecule has 1 aromatic rings. The number of amides is 2. The molecule has 166 valence electrons. The van der Waals surface area contributed by atoms with Crippen molar-refractivity contribution in [2.75, 3.05) is 18.4 Å². The molecule has 3 rings (SSSR count). The molecule has 2 aliphatic heterocycles. The Morgan fingerprint density at radius 1 is 1.10 bits per heavy atom. The molecule has 0 radical (unpaired) electrons. The van der Waals surface area contributed by atoms with Crippen molar-refractivity contribution in [3.8, 4) is 0 Å². The number of sulfonamides is 1. The summed E-state index contributed by atoms with van der Waals surface area (Å²) in [5.74, 6) is -0.00499. The molecule has 0 saturated carbocycles. The normalized spacial score (nSPS) is 18.9. The van der Waals surface area contributed by atoms with Crippen LogP contribution in [0.15, 0.2) is 23.1 Å². The standard InChI is InChI=1S/C22H33N3O4S/c1-16(2)14-20(22(27)25-12-5-3-4-6-13-25)24-30(28,29)18-10-11-19-17(15-18)8-7-9-21(26)23-19/h10-11,15-16,20,24H,3-9,12-14H2,1-2H3,(H,23,26). The van der Waals surface area contributed by atoms with Gasteiger partial charge in [0.25, 0.3) is 0 Å². The van der Waals surface area contributed by atoms with Gasteiger partial charge in [0.15, 0.2) is 0 Å². The minimum Gasteiger partial charge on any atom is -0.341 e. The second-order valence-electron chi connectivity index (χ2n) is 8.76. The third kappa shape index (κ3) is 5.82. The lowest BCUT2D eigenvalue weighted by atomic mass is 10.0. The van der Waals surface area contributed by atoms with Crippen molar-refractivity contribution >= 4 is 27.5 Å². The van der Waals surface area contributed by atoms with Crippen LogP contribution < -0.4 is 10.0 Å². The van der Waals surface area contributed by atoms with Gasteiger partial charge in [-0.05, 0) is 61.8 Å². The molecule has 1 saturated heterocycles. The molecule has 0 aliphatic carbocycles. The van der Waals surface area contributed by atoms with Gasteiger partial charge >= 0.3 is 0 Å². The monoisotopic (exact) mass is 435 g/mol. The fraction of sp³-hybridized carbons (Fsp3) is 0.636. The first-order valence-corrected chi connectivity index (χ1v) is 12.5. The Bertz CT molecular complexity index is 874. The highest BCUT2D eigenvalue weighted by Crippen LogP contribution is 2.26. The zero-order valence-electron chi connectivity index (χ0n) is 17.9. The highest BCUT2D eigenvalue weighted by atomic mass is 32.2. The van der Waals surface area contributed by atoms with E-state index in [1.807, 2.05) is 18.7 Å². The van der Waals surface area contributed by atoms with Crippen molar-refractivity contribution < 1.29 is 18.0 Å². The summed E-state index contributed by atoms with van der Waals surface area (Å²) in [6, 6.07) is 3.98. The van der Waals surface area contributed by atoms with Crippen molar-refractivity contribution in [2.45, 2.75) is 76.2 Å². The topological polar surface area (TPSA) is 95.6 Å². The summed E-state index contributed by atoms with van der Waals surface area (Å²) in [7, 11) is -3.87. The predicted octanol–water partition coefficient (Wildman–Crippen LogP) is 3.06. The minimum absolute atomic E-state index is 0.0532. The molecule has 1 fully saturated rings. The van der Waals surface area contributed by atoms with Crippen LogP contribution in [0.25, 0.3) is 0 Å². The fourth-order valence-electron chi connectivity index (χ4n) is 4.16. The first-order chi connectivity index (χ1) is 14.3. The number of carbonyl (C=O) groups is 2. The van der Waals surface area contributed by atoms with Crippen molar-refractivity contribution in [3.05, 3.63) is 23.8 Å². The second kappa shape index (κ2) is 9.92. The second-order valence-corrected chi connectivity index (χ2v) is 10.5. The summed E-state index contributed by atoms with van der Waals surface area (Å²) in [5.41, 5.74) is 1.47. The summed E-state index contributed by atoms with van der Waals surface area (Å²) in [6.45, 7) is 5.35. The molecule has 7 nitrogen and oxygen atoms in total. The van der Waals surface area contributed by atoms with Gasteiger partial charge in [0.1, 0.15) is 6.04 Å². The van der Waals surface area contributed by atoms with E-state index in [0.717, 1.165) is 31.2 Å². The van der Waals surface area contributed by atoms with Crippen LogP contribution in [-0.4, -0.2) is 44.3 Å². The van der Waals surface area contributed by atoms with E-state index in [-0.39, 0.29) is 22.6 Å². The van der Waals surface area contributed by atoms with Gasteiger partial charge in [0, 0.05) is 25.2 Å². The van der Waals surface area contributed by atoms with Gasteiger partial charge in [0.05, 0.1) is 4.90 Å². The van der Waals surface area contributed by atoms with Crippen LogP contribution in [-0.2, 0) is 26.0 Å². The van der Waals surface area contributed by atoms with E-state index in [4.69, 9.17) is 0 Å². The van der Waals surface area contributed by atoms with E-state index in [1.54, 1.807) is 12.1 Å². The molecule has 0 aromatic heterocycles. The first kappa shape index (κ1) is 22.7. The van der Waals surface area contributed by atoms with Gasteiger partial charge in [-0.2, -0.15) is 4.72 Å². The summed E-state index contributed by atoms with van der Waals surface area (Å²) >= 11 is 0. The Hall–Kier alpha value is -1.93. The number of nitrogens with one attached hydrogen (secondary N) is 2. The lowest BCUT2D eigenvalue weighted by molar-refractivity contribution is -0.133. The van der Waals surface area contributed by atoms with E-state index >= 15 is 0 Å². The van der Waals surface area contributed by atoms with Crippen LogP contribution in [0.2, 0.25) is 0 Å². The van der Waals surface area contributed by atoms with Gasteiger partial charge in [-0.25, -0.2) is 8.42 Å². The van der Waals surface area contributed by atoms with Gasteiger partial charge in [-0.1, -0.05) is 26.7 Å². The number of likely N-dealkylation sites (tertiary alicyclic amines) is 1. The Kier molecular flexibility index (Phi) is 7.52. The SMILES string of the molecule is CC(C)CC(NS(=O)(=O)c1ccc2c(c1)CCCC(=O)N2)C(=O)N1CCCCCC1. The predicted molar refractivity (Wildman–Crippen MR) is 117 cm³/mol. The average Bonchev–Trinajstić information content (AvgIpc) is 3.06. The molecular weight excluding hydrogens is 402 g/mol. The maximum absolute atomic E-state index is 13.2. The molecule has 2 aliphatic rings. The zero-order chi connectivity index (χ0) is 21.7. The molecule has 1 aromatic carbocycles. The largest absolute Gasteiger partial charge is 0.341 e. The number of fused-ring (bicyclic) bond motifs is 1. The first-order valence-electron chi connectivity index (χ1n) is 11.0. The molecule has 1 unspecified atom stereocenters. The summed E-state index contributed by atoms with van der Waals surface area (Å²) in [6.07, 6.45) is 6.34. The van der Waals surface area contributed by atoms with E-state index < -0.39 is 16.1 Å². The third-order valence-electron chi connectivity index (χ3n) is 5.73. The molecule has 2 heterocycles. The lowest BCUT2D eigenvalue weighted by Crippen LogP contribution is -2.49. The van der Waals surface area contributed by atoms with Crippen LogP contribution in [0.3, 0.4) is 0 Å². The number of benzene rings is 1. The number of nitrogens with zero attached hydrogens (tertiary/aromatic N) is 1. The minimum atomic E-state index is -3.87. The molecule has 0 bridgehead atoms. The molecule has 1 atom stereocenters. The van der Waals surface area contributed by atoms with Gasteiger partial charge in [-0.3, -0.25) is 9.59 Å². The Morgan fingerprint density at radius 3 is 2.47 bits per heavy atom. The van der Waals surface area contributed by atoms with Crippen LogP contribution in [0.1, 0.15) is 64.4 Å². The van der Waals surface area contributed by atoms with Gasteiger partial charge in [0.2, 0.25) is 21.8 Å². The molecule has 0 spiro atoms. The fourth-order valence-corrected chi connectivity index (χ4v) is 5.41. The van der Waals surface area contributed by atoms with E-state index in [2.05, 4.69) is 10.0 Å². The molecule has 8 heteroatoms. The van der Waals surface area contributed by atoms with Crippen molar-refractivity contribution in [2.24, 2.45) is 5.92 Å². The maximum Gasteiger partial charge on any atom is 0.241 e. The molecular formula is C22H33N3O4S. The average molecular weight is 436 g/mol. The quantitative estimate of drug-likeness (QED) is 0.718. The van der Waals surface area contributed by atoms with Gasteiger partial charge < -0.3 is 10.2 Å². The summed E-state index contributed by atoms with van der Waals surface area (Å²) in [4.78, 5) is 26.9. The molecule has 2 N–H and O–H groups in total. The number of aryl methyl sites for hydroxylation is 1. The van der Waals surface area contributed by atoms with Crippen LogP contribution in [0, 0.1) is 5.92 Å². The van der Waals surface area contributed by atoms with Crippen LogP contribution in [0.4, 0.5) is 5.69 Å². The summed E-state index contributed by atoms with van der Waals surface area (Å²) < 4.78 is 29.0. The van der Waals surface area contributed by atoms with Crippen LogP contribution in [0.5, 0.6) is 0 Å². The van der Waals surface area contributed by atoms with Crippen LogP contribution >= 0.6 is 0 Å². The van der Waals surface area contributed by atoms with E-state index in [1.165, 1.54) is 6.07 Å². The Balaban J connectivity index is 1.81. The third-order valence-corrected chi connectivity index (χ3v) is 7.20. The van der Waals surface area contributed by atoms with E-state index in [9.17, 15) is 18.0 Å². The number of hydrogen-bond donors (Lipinski definition) is 2. The Morgan fingerprint density at radius 2 is 1.80 bits per heavy atom. The number of anilines is 1. The smallest absolute Gasteiger partial charge is 0.241 e. The van der Waals surface area contributed by atoms with Gasteiger partial charge in [-0.15, -0.1) is 0 Å². The number of rotatable bonds is 6. The van der Waals surface area contributed by atoms with Crippen molar-refractivity contribution in [3.63, 3.8) is 0 Å². The molecule has 2 amide bonds. The molecule has 30 heavy (non-hydrogen) atoms. The number of carbonyl (C=O) groups excluding carboxylic acids is 2. The number of hydrogen-bond acceptors (Lipinski definition) is 4. The van der Waals surface area contributed by atoms with E-state index in [0.29, 0.717) is 44.5 Å².